The van der Waals surface area contributed by atoms with Crippen LogP contribution < -0.4 is 16.0 Å². The number of fused-ring (bicyclic) bond motifs is 1. The van der Waals surface area contributed by atoms with Crippen LogP contribution in [0.1, 0.15) is 46.8 Å². The molecule has 132 valence electrons. The van der Waals surface area contributed by atoms with Crippen molar-refractivity contribution in [1.82, 2.24) is 5.32 Å². The third-order valence-corrected chi connectivity index (χ3v) is 5.28. The zero-order chi connectivity index (χ0) is 17.8. The second-order valence-electron chi connectivity index (χ2n) is 6.55. The number of nitrogens with one attached hydrogen (secondary N) is 3. The quantitative estimate of drug-likeness (QED) is 0.758. The maximum Gasteiger partial charge on any atom is 0.319 e. The molecule has 1 aromatic carbocycles. The summed E-state index contributed by atoms with van der Waals surface area (Å²) in [5.41, 5.74) is 2.73. The third-order valence-electron chi connectivity index (χ3n) is 4.04. The van der Waals surface area contributed by atoms with Crippen LogP contribution in [0.25, 0.3) is 0 Å². The normalized spacial score (nSPS) is 13.2. The van der Waals surface area contributed by atoms with Gasteiger partial charge >= 0.3 is 6.03 Å². The van der Waals surface area contributed by atoms with Gasteiger partial charge < -0.3 is 16.0 Å². The van der Waals surface area contributed by atoms with Crippen LogP contribution in [0.5, 0.6) is 0 Å². The fraction of sp³-hybridized carbons (Fsp3) is 0.368. The van der Waals surface area contributed by atoms with Gasteiger partial charge in [-0.25, -0.2) is 4.79 Å². The van der Waals surface area contributed by atoms with E-state index in [1.54, 1.807) is 35.6 Å². The first kappa shape index (κ1) is 17.5. The highest BCUT2D eigenvalue weighted by molar-refractivity contribution is 7.14. The Bertz CT molecular complexity index is 742. The van der Waals surface area contributed by atoms with Crippen molar-refractivity contribution in [2.75, 3.05) is 10.6 Å². The number of benzene rings is 1. The van der Waals surface area contributed by atoms with Gasteiger partial charge in [0.15, 0.2) is 0 Å². The average molecular weight is 357 g/mol. The first-order chi connectivity index (χ1) is 12.0. The van der Waals surface area contributed by atoms with E-state index >= 15 is 0 Å². The molecular weight excluding hydrogens is 334 g/mol. The molecule has 3 rings (SSSR count). The Morgan fingerprint density at radius 1 is 1.00 bits per heavy atom. The maximum atomic E-state index is 12.4. The zero-order valence-electron chi connectivity index (χ0n) is 14.5. The third kappa shape index (κ3) is 4.60. The van der Waals surface area contributed by atoms with E-state index < -0.39 is 0 Å². The Kier molecular flexibility index (Phi) is 5.38. The summed E-state index contributed by atoms with van der Waals surface area (Å²) in [5, 5.41) is 8.45. The minimum atomic E-state index is -0.240. The number of carbonyl (C=O) groups excluding carboxylic acids is 2. The topological polar surface area (TPSA) is 70.2 Å². The highest BCUT2D eigenvalue weighted by atomic mass is 32.1. The molecular formula is C19H23N3O2S. The summed E-state index contributed by atoms with van der Waals surface area (Å²) in [5.74, 6) is -0.0716. The van der Waals surface area contributed by atoms with Crippen LogP contribution in [0.4, 0.5) is 16.2 Å². The van der Waals surface area contributed by atoms with Gasteiger partial charge in [0.2, 0.25) is 0 Å². The highest BCUT2D eigenvalue weighted by Gasteiger charge is 2.17. The van der Waals surface area contributed by atoms with E-state index in [4.69, 9.17) is 0 Å². The molecule has 1 aromatic heterocycles. The van der Waals surface area contributed by atoms with Gasteiger partial charge in [0.05, 0.1) is 4.88 Å². The molecule has 1 aliphatic rings. The lowest BCUT2D eigenvalue weighted by atomic mass is 9.99. The molecule has 0 saturated carbocycles. The van der Waals surface area contributed by atoms with Gasteiger partial charge in [-0.05, 0) is 75.4 Å². The van der Waals surface area contributed by atoms with E-state index in [1.807, 2.05) is 19.9 Å². The Morgan fingerprint density at radius 3 is 2.28 bits per heavy atom. The van der Waals surface area contributed by atoms with Gasteiger partial charge in [0.25, 0.3) is 5.91 Å². The van der Waals surface area contributed by atoms with Gasteiger partial charge in [0.1, 0.15) is 0 Å². The molecule has 0 aliphatic heterocycles. The highest BCUT2D eigenvalue weighted by Crippen LogP contribution is 2.30. The van der Waals surface area contributed by atoms with Crippen molar-refractivity contribution in [3.05, 3.63) is 45.6 Å². The monoisotopic (exact) mass is 357 g/mol. The number of rotatable bonds is 4. The predicted molar refractivity (Wildman–Crippen MR) is 103 cm³/mol. The number of thiophene rings is 1. The average Bonchev–Trinajstić information content (AvgIpc) is 3.00. The molecule has 0 radical (unpaired) electrons. The van der Waals surface area contributed by atoms with Crippen molar-refractivity contribution in [3.8, 4) is 0 Å². The van der Waals surface area contributed by atoms with Crippen molar-refractivity contribution in [2.24, 2.45) is 0 Å². The Morgan fingerprint density at radius 2 is 1.64 bits per heavy atom. The number of hydrogen-bond acceptors (Lipinski definition) is 3. The van der Waals surface area contributed by atoms with Crippen molar-refractivity contribution in [1.29, 1.82) is 0 Å². The minimum absolute atomic E-state index is 0.0716. The van der Waals surface area contributed by atoms with Gasteiger partial charge in [0, 0.05) is 22.3 Å². The SMILES string of the molecule is CC(C)NC(=O)Nc1ccc(NC(=O)c2cc3c(s2)CCCC3)cc1. The Labute approximate surface area is 151 Å². The zero-order valence-corrected chi connectivity index (χ0v) is 15.3. The lowest BCUT2D eigenvalue weighted by molar-refractivity contribution is 0.103. The molecule has 0 atom stereocenters. The van der Waals surface area contributed by atoms with Gasteiger partial charge in [-0.3, -0.25) is 4.79 Å². The fourth-order valence-electron chi connectivity index (χ4n) is 2.86. The van der Waals surface area contributed by atoms with Crippen LogP contribution in [-0.2, 0) is 12.8 Å². The number of urea groups is 1. The van der Waals surface area contributed by atoms with Crippen LogP contribution in [-0.4, -0.2) is 18.0 Å². The molecule has 5 nitrogen and oxygen atoms in total. The van der Waals surface area contributed by atoms with Crippen molar-refractivity contribution >= 4 is 34.6 Å². The minimum Gasteiger partial charge on any atom is -0.336 e. The molecule has 25 heavy (non-hydrogen) atoms. The lowest BCUT2D eigenvalue weighted by Gasteiger charge is -2.10. The van der Waals surface area contributed by atoms with Crippen LogP contribution in [0.15, 0.2) is 30.3 Å². The van der Waals surface area contributed by atoms with Crippen LogP contribution in [0, 0.1) is 0 Å². The first-order valence-electron chi connectivity index (χ1n) is 8.62. The van der Waals surface area contributed by atoms with Crippen LogP contribution >= 0.6 is 11.3 Å². The number of aryl methyl sites for hydroxylation is 2. The number of amides is 3. The van der Waals surface area contributed by atoms with Crippen molar-refractivity contribution in [2.45, 2.75) is 45.6 Å². The summed E-state index contributed by atoms with van der Waals surface area (Å²) >= 11 is 1.60. The molecule has 2 aromatic rings. The standard InChI is InChI=1S/C19H23N3O2S/c1-12(2)20-19(24)22-15-9-7-14(8-10-15)21-18(23)17-11-13-5-3-4-6-16(13)25-17/h7-12H,3-6H2,1-2H3,(H,21,23)(H2,20,22,24). The van der Waals surface area contributed by atoms with E-state index in [0.29, 0.717) is 11.4 Å². The molecule has 3 amide bonds. The predicted octanol–water partition coefficient (Wildman–Crippen LogP) is 4.41. The number of hydrogen-bond donors (Lipinski definition) is 3. The lowest BCUT2D eigenvalue weighted by Crippen LogP contribution is -2.34. The fourth-order valence-corrected chi connectivity index (χ4v) is 4.01. The molecule has 1 aliphatic carbocycles. The smallest absolute Gasteiger partial charge is 0.319 e. The second kappa shape index (κ2) is 7.70. The summed E-state index contributed by atoms with van der Waals surface area (Å²) < 4.78 is 0. The Hall–Kier alpha value is -2.34. The van der Waals surface area contributed by atoms with Crippen LogP contribution in [0.2, 0.25) is 0 Å². The van der Waals surface area contributed by atoms with Gasteiger partial charge in [-0.2, -0.15) is 0 Å². The molecule has 3 N–H and O–H groups in total. The van der Waals surface area contributed by atoms with E-state index in [9.17, 15) is 9.59 Å². The molecule has 0 spiro atoms. The van der Waals surface area contributed by atoms with E-state index in [1.165, 1.54) is 23.3 Å². The summed E-state index contributed by atoms with van der Waals surface area (Å²) in [6, 6.07) is 8.99. The Balaban J connectivity index is 1.60. The summed E-state index contributed by atoms with van der Waals surface area (Å²) in [7, 11) is 0. The summed E-state index contributed by atoms with van der Waals surface area (Å²) in [6.07, 6.45) is 4.60. The molecule has 0 bridgehead atoms. The molecule has 6 heteroatoms. The van der Waals surface area contributed by atoms with Crippen molar-refractivity contribution in [3.63, 3.8) is 0 Å². The number of anilines is 2. The van der Waals surface area contributed by atoms with E-state index in [2.05, 4.69) is 16.0 Å². The first-order valence-corrected chi connectivity index (χ1v) is 9.43. The maximum absolute atomic E-state index is 12.4. The van der Waals surface area contributed by atoms with E-state index in [0.717, 1.165) is 17.7 Å². The molecule has 0 unspecified atom stereocenters. The molecule has 0 saturated heterocycles. The number of carbonyl (C=O) groups is 2. The second-order valence-corrected chi connectivity index (χ2v) is 7.69. The van der Waals surface area contributed by atoms with Gasteiger partial charge in [-0.15, -0.1) is 11.3 Å². The van der Waals surface area contributed by atoms with Crippen molar-refractivity contribution < 1.29 is 9.59 Å². The van der Waals surface area contributed by atoms with E-state index in [-0.39, 0.29) is 18.0 Å². The summed E-state index contributed by atoms with van der Waals surface area (Å²) in [4.78, 5) is 26.2. The largest absolute Gasteiger partial charge is 0.336 e. The van der Waals surface area contributed by atoms with Gasteiger partial charge in [-0.1, -0.05) is 0 Å². The molecule has 1 heterocycles. The van der Waals surface area contributed by atoms with Crippen LogP contribution in [0.3, 0.4) is 0 Å². The molecule has 0 fully saturated rings. The summed E-state index contributed by atoms with van der Waals surface area (Å²) in [6.45, 7) is 3.81.